The summed E-state index contributed by atoms with van der Waals surface area (Å²) >= 11 is 0. The van der Waals surface area contributed by atoms with Crippen LogP contribution in [0.5, 0.6) is 0 Å². The van der Waals surface area contributed by atoms with Crippen LogP contribution in [0, 0.1) is 17.0 Å². The fourth-order valence-corrected chi connectivity index (χ4v) is 1.52. The number of hydrogen-bond donors (Lipinski definition) is 1. The van der Waals surface area contributed by atoms with Gasteiger partial charge in [0.2, 0.25) is 0 Å². The Morgan fingerprint density at radius 2 is 2.00 bits per heavy atom. The van der Waals surface area contributed by atoms with E-state index in [4.69, 9.17) is 0 Å². The van der Waals surface area contributed by atoms with Crippen molar-refractivity contribution in [2.24, 2.45) is 5.41 Å². The fraction of sp³-hybridized carbons (Fsp3) is 0.462. The first kappa shape index (κ1) is 14.6. The minimum absolute atomic E-state index is 0.319. The molecule has 0 aliphatic carbocycles. The fourth-order valence-electron chi connectivity index (χ4n) is 1.52. The third-order valence-electron chi connectivity index (χ3n) is 2.62. The monoisotopic (exact) mass is 257 g/mol. The Morgan fingerprint density at radius 1 is 1.33 bits per heavy atom. The second-order valence-electron chi connectivity index (χ2n) is 4.73. The molecule has 3 nitrogen and oxygen atoms in total. The van der Waals surface area contributed by atoms with Gasteiger partial charge in [0.05, 0.1) is 12.5 Å². The number of ether oxygens (including phenoxy) is 1. The number of nitrogens with one attached hydrogen (secondary N) is 1. The van der Waals surface area contributed by atoms with Gasteiger partial charge in [-0.25, -0.2) is 8.78 Å². The number of esters is 1. The zero-order valence-electron chi connectivity index (χ0n) is 10.7. The van der Waals surface area contributed by atoms with Crippen LogP contribution in [0.3, 0.4) is 0 Å². The molecule has 0 saturated heterocycles. The maximum Gasteiger partial charge on any atom is 0.312 e. The highest BCUT2D eigenvalue weighted by Crippen LogP contribution is 2.16. The molecule has 0 aliphatic heterocycles. The standard InChI is InChI=1S/C13H17F2NO2/c1-13(2,12(17)18-3)8-16-7-9-4-5-10(14)11(15)6-9/h4-6,16H,7-8H2,1-3H3. The first-order chi connectivity index (χ1) is 8.36. The topological polar surface area (TPSA) is 38.3 Å². The van der Waals surface area contributed by atoms with Gasteiger partial charge in [0.25, 0.3) is 0 Å². The molecule has 0 fully saturated rings. The predicted octanol–water partition coefficient (Wildman–Crippen LogP) is 2.25. The van der Waals surface area contributed by atoms with E-state index in [1.165, 1.54) is 13.2 Å². The van der Waals surface area contributed by atoms with Crippen molar-refractivity contribution in [2.45, 2.75) is 20.4 Å². The molecule has 5 heteroatoms. The lowest BCUT2D eigenvalue weighted by Gasteiger charge is -2.21. The molecule has 0 saturated carbocycles. The van der Waals surface area contributed by atoms with Crippen LogP contribution in [-0.2, 0) is 16.1 Å². The van der Waals surface area contributed by atoms with Crippen LogP contribution in [0.15, 0.2) is 18.2 Å². The SMILES string of the molecule is COC(=O)C(C)(C)CNCc1ccc(F)c(F)c1. The van der Waals surface area contributed by atoms with Gasteiger partial charge in [-0.15, -0.1) is 0 Å². The number of carbonyl (C=O) groups excluding carboxylic acids is 1. The van der Waals surface area contributed by atoms with E-state index < -0.39 is 17.0 Å². The highest BCUT2D eigenvalue weighted by Gasteiger charge is 2.27. The van der Waals surface area contributed by atoms with Crippen LogP contribution in [-0.4, -0.2) is 19.6 Å². The molecule has 1 N–H and O–H groups in total. The third-order valence-corrected chi connectivity index (χ3v) is 2.62. The molecular weight excluding hydrogens is 240 g/mol. The van der Waals surface area contributed by atoms with E-state index in [-0.39, 0.29) is 5.97 Å². The highest BCUT2D eigenvalue weighted by molar-refractivity contribution is 5.76. The van der Waals surface area contributed by atoms with Crippen molar-refractivity contribution in [2.75, 3.05) is 13.7 Å². The maximum atomic E-state index is 12.9. The Bertz CT molecular complexity index is 433. The lowest BCUT2D eigenvalue weighted by molar-refractivity contribution is -0.150. The molecule has 0 heterocycles. The Balaban J connectivity index is 2.51. The van der Waals surface area contributed by atoms with E-state index in [9.17, 15) is 13.6 Å². The van der Waals surface area contributed by atoms with Crippen molar-refractivity contribution in [3.8, 4) is 0 Å². The minimum Gasteiger partial charge on any atom is -0.469 e. The summed E-state index contributed by atoms with van der Waals surface area (Å²) in [7, 11) is 1.33. The van der Waals surface area contributed by atoms with E-state index in [1.807, 2.05) is 0 Å². The molecule has 1 aromatic carbocycles. The normalized spacial score (nSPS) is 11.4. The van der Waals surface area contributed by atoms with Crippen molar-refractivity contribution in [1.29, 1.82) is 0 Å². The van der Waals surface area contributed by atoms with Gasteiger partial charge < -0.3 is 10.1 Å². The lowest BCUT2D eigenvalue weighted by atomic mass is 9.94. The number of rotatable bonds is 5. The zero-order valence-corrected chi connectivity index (χ0v) is 10.7. The molecule has 1 rings (SSSR count). The average molecular weight is 257 g/mol. The van der Waals surface area contributed by atoms with E-state index in [0.717, 1.165) is 12.1 Å². The summed E-state index contributed by atoms with van der Waals surface area (Å²) < 4.78 is 30.3. The molecule has 0 radical (unpaired) electrons. The largest absolute Gasteiger partial charge is 0.469 e. The summed E-state index contributed by atoms with van der Waals surface area (Å²) in [5, 5.41) is 3.01. The van der Waals surface area contributed by atoms with Gasteiger partial charge in [-0.05, 0) is 31.5 Å². The zero-order chi connectivity index (χ0) is 13.8. The van der Waals surface area contributed by atoms with Crippen molar-refractivity contribution in [3.05, 3.63) is 35.4 Å². The molecule has 0 aliphatic rings. The number of benzene rings is 1. The van der Waals surface area contributed by atoms with Crippen LogP contribution in [0.1, 0.15) is 19.4 Å². The first-order valence-electron chi connectivity index (χ1n) is 5.60. The van der Waals surface area contributed by atoms with Gasteiger partial charge in [-0.1, -0.05) is 6.07 Å². The summed E-state index contributed by atoms with van der Waals surface area (Å²) in [4.78, 5) is 11.4. The third kappa shape index (κ3) is 3.77. The van der Waals surface area contributed by atoms with Crippen molar-refractivity contribution < 1.29 is 18.3 Å². The van der Waals surface area contributed by atoms with Gasteiger partial charge >= 0.3 is 5.97 Å². The van der Waals surface area contributed by atoms with Crippen LogP contribution in [0.4, 0.5) is 8.78 Å². The second-order valence-corrected chi connectivity index (χ2v) is 4.73. The Morgan fingerprint density at radius 3 is 2.56 bits per heavy atom. The summed E-state index contributed by atoms with van der Waals surface area (Å²) in [5.74, 6) is -2.06. The smallest absolute Gasteiger partial charge is 0.312 e. The lowest BCUT2D eigenvalue weighted by Crippen LogP contribution is -2.36. The molecule has 18 heavy (non-hydrogen) atoms. The first-order valence-corrected chi connectivity index (χ1v) is 5.60. The van der Waals surface area contributed by atoms with Gasteiger partial charge in [-0.3, -0.25) is 4.79 Å². The van der Waals surface area contributed by atoms with Crippen LogP contribution in [0.2, 0.25) is 0 Å². The van der Waals surface area contributed by atoms with Crippen LogP contribution in [0.25, 0.3) is 0 Å². The molecule has 0 aromatic heterocycles. The molecular formula is C13H17F2NO2. The molecule has 100 valence electrons. The maximum absolute atomic E-state index is 12.9. The Kier molecular flexibility index (Phi) is 4.78. The van der Waals surface area contributed by atoms with E-state index in [2.05, 4.69) is 10.1 Å². The van der Waals surface area contributed by atoms with E-state index in [1.54, 1.807) is 13.8 Å². The van der Waals surface area contributed by atoms with Crippen LogP contribution < -0.4 is 5.32 Å². The number of halogens is 2. The summed E-state index contributed by atoms with van der Waals surface area (Å²) in [5.41, 5.74) is -0.0394. The van der Waals surface area contributed by atoms with Gasteiger partial charge in [0.1, 0.15) is 0 Å². The number of hydrogen-bond acceptors (Lipinski definition) is 3. The minimum atomic E-state index is -0.874. The quantitative estimate of drug-likeness (QED) is 0.822. The molecule has 0 bridgehead atoms. The summed E-state index contributed by atoms with van der Waals surface area (Å²) in [6.07, 6.45) is 0. The molecule has 1 aromatic rings. The highest BCUT2D eigenvalue weighted by atomic mass is 19.2. The summed E-state index contributed by atoms with van der Waals surface area (Å²) in [6, 6.07) is 3.71. The summed E-state index contributed by atoms with van der Waals surface area (Å²) in [6.45, 7) is 4.24. The number of carbonyl (C=O) groups is 1. The van der Waals surface area contributed by atoms with Crippen molar-refractivity contribution in [1.82, 2.24) is 5.32 Å². The molecule has 0 unspecified atom stereocenters. The van der Waals surface area contributed by atoms with E-state index in [0.29, 0.717) is 18.7 Å². The Hall–Kier alpha value is -1.49. The predicted molar refractivity (Wildman–Crippen MR) is 63.9 cm³/mol. The average Bonchev–Trinajstić information content (AvgIpc) is 2.32. The molecule has 0 amide bonds. The number of methoxy groups -OCH3 is 1. The van der Waals surface area contributed by atoms with Gasteiger partial charge in [0.15, 0.2) is 11.6 Å². The van der Waals surface area contributed by atoms with Gasteiger partial charge in [-0.2, -0.15) is 0 Å². The second kappa shape index (κ2) is 5.91. The van der Waals surface area contributed by atoms with Gasteiger partial charge in [0, 0.05) is 13.1 Å². The Labute approximate surface area is 105 Å². The van der Waals surface area contributed by atoms with Crippen molar-refractivity contribution >= 4 is 5.97 Å². The molecule has 0 spiro atoms. The van der Waals surface area contributed by atoms with E-state index >= 15 is 0 Å². The van der Waals surface area contributed by atoms with Crippen LogP contribution >= 0.6 is 0 Å². The van der Waals surface area contributed by atoms with Crippen molar-refractivity contribution in [3.63, 3.8) is 0 Å². The molecule has 0 atom stereocenters.